The minimum atomic E-state index is -3.55. The van der Waals surface area contributed by atoms with Crippen molar-refractivity contribution in [1.82, 2.24) is 9.62 Å². The molecular weight excluding hydrogens is 278 g/mol. The van der Waals surface area contributed by atoms with E-state index in [1.54, 1.807) is 26.0 Å². The lowest BCUT2D eigenvalue weighted by atomic mass is 10.2. The highest BCUT2D eigenvalue weighted by molar-refractivity contribution is 7.89. The van der Waals surface area contributed by atoms with Gasteiger partial charge in [0.2, 0.25) is 10.0 Å². The van der Waals surface area contributed by atoms with Crippen molar-refractivity contribution in [3.05, 3.63) is 29.8 Å². The highest BCUT2D eigenvalue weighted by Crippen LogP contribution is 2.16. The first-order chi connectivity index (χ1) is 9.47. The van der Waals surface area contributed by atoms with E-state index in [1.807, 2.05) is 0 Å². The van der Waals surface area contributed by atoms with Crippen LogP contribution in [0.15, 0.2) is 29.2 Å². The Bertz CT molecular complexity index is 554. The molecule has 0 radical (unpaired) electrons. The average molecular weight is 299 g/mol. The molecule has 0 aromatic heterocycles. The summed E-state index contributed by atoms with van der Waals surface area (Å²) in [5.41, 5.74) is 5.62. The Morgan fingerprint density at radius 2 is 1.95 bits per heavy atom. The van der Waals surface area contributed by atoms with Crippen LogP contribution < -0.4 is 11.1 Å². The Balaban J connectivity index is 3.07. The fourth-order valence-electron chi connectivity index (χ4n) is 1.80. The molecule has 0 aliphatic rings. The summed E-state index contributed by atoms with van der Waals surface area (Å²) in [6.07, 6.45) is 0. The number of carbonyl (C=O) groups is 1. The number of benzene rings is 1. The van der Waals surface area contributed by atoms with Gasteiger partial charge in [-0.25, -0.2) is 8.42 Å². The first kappa shape index (κ1) is 16.6. The van der Waals surface area contributed by atoms with Gasteiger partial charge in [0.15, 0.2) is 0 Å². The molecule has 0 saturated heterocycles. The second-order valence-electron chi connectivity index (χ2n) is 4.16. The van der Waals surface area contributed by atoms with Gasteiger partial charge in [-0.1, -0.05) is 19.9 Å². The molecule has 3 N–H and O–H groups in total. The second-order valence-corrected chi connectivity index (χ2v) is 6.10. The van der Waals surface area contributed by atoms with Crippen molar-refractivity contribution in [1.29, 1.82) is 0 Å². The number of hydrogen-bond donors (Lipinski definition) is 2. The largest absolute Gasteiger partial charge is 0.351 e. The molecule has 0 atom stereocenters. The van der Waals surface area contributed by atoms with Gasteiger partial charge >= 0.3 is 0 Å². The summed E-state index contributed by atoms with van der Waals surface area (Å²) in [4.78, 5) is 11.9. The highest BCUT2D eigenvalue weighted by Gasteiger charge is 2.22. The van der Waals surface area contributed by atoms with Crippen LogP contribution in [0, 0.1) is 0 Å². The normalized spacial score (nSPS) is 11.6. The highest BCUT2D eigenvalue weighted by atomic mass is 32.2. The maximum absolute atomic E-state index is 12.4. The van der Waals surface area contributed by atoms with E-state index in [4.69, 9.17) is 5.73 Å². The van der Waals surface area contributed by atoms with Crippen LogP contribution in [-0.2, 0) is 10.0 Å². The summed E-state index contributed by atoms with van der Waals surface area (Å²) in [5, 5.41) is 2.61. The fourth-order valence-corrected chi connectivity index (χ4v) is 3.30. The predicted molar refractivity (Wildman–Crippen MR) is 77.9 cm³/mol. The summed E-state index contributed by atoms with van der Waals surface area (Å²) in [7, 11) is -3.55. The van der Waals surface area contributed by atoms with Gasteiger partial charge in [-0.2, -0.15) is 4.31 Å². The SMILES string of the molecule is CCN(CC)S(=O)(=O)c1cccc(C(=O)NCCN)c1. The van der Waals surface area contributed by atoms with Crippen molar-refractivity contribution in [2.75, 3.05) is 26.2 Å². The van der Waals surface area contributed by atoms with Gasteiger partial charge in [-0.15, -0.1) is 0 Å². The van der Waals surface area contributed by atoms with E-state index in [2.05, 4.69) is 5.32 Å². The number of carbonyl (C=O) groups excluding carboxylic acids is 1. The number of hydrogen-bond acceptors (Lipinski definition) is 4. The van der Waals surface area contributed by atoms with E-state index < -0.39 is 10.0 Å². The predicted octanol–water partition coefficient (Wildman–Crippen LogP) is 0.406. The Labute approximate surface area is 120 Å². The molecule has 0 aliphatic carbocycles. The summed E-state index contributed by atoms with van der Waals surface area (Å²) >= 11 is 0. The van der Waals surface area contributed by atoms with Crippen molar-refractivity contribution in [2.45, 2.75) is 18.7 Å². The number of rotatable bonds is 7. The van der Waals surface area contributed by atoms with Crippen LogP contribution in [0.3, 0.4) is 0 Å². The van der Waals surface area contributed by atoms with Crippen molar-refractivity contribution in [3.8, 4) is 0 Å². The van der Waals surface area contributed by atoms with Gasteiger partial charge in [0.05, 0.1) is 4.90 Å². The third-order valence-corrected chi connectivity index (χ3v) is 4.92. The van der Waals surface area contributed by atoms with Crippen molar-refractivity contribution in [2.24, 2.45) is 5.73 Å². The van der Waals surface area contributed by atoms with Crippen LogP contribution in [0.2, 0.25) is 0 Å². The minimum absolute atomic E-state index is 0.126. The average Bonchev–Trinajstić information content (AvgIpc) is 2.46. The molecule has 7 heteroatoms. The van der Waals surface area contributed by atoms with Gasteiger partial charge < -0.3 is 11.1 Å². The molecule has 0 unspecified atom stereocenters. The lowest BCUT2D eigenvalue weighted by Crippen LogP contribution is -2.31. The van der Waals surface area contributed by atoms with Crippen LogP contribution in [0.25, 0.3) is 0 Å². The monoisotopic (exact) mass is 299 g/mol. The zero-order valence-corrected chi connectivity index (χ0v) is 12.6. The third-order valence-electron chi connectivity index (χ3n) is 2.87. The topological polar surface area (TPSA) is 92.5 Å². The van der Waals surface area contributed by atoms with E-state index in [0.29, 0.717) is 31.7 Å². The molecule has 112 valence electrons. The number of nitrogens with two attached hydrogens (primary N) is 1. The van der Waals surface area contributed by atoms with Gasteiger partial charge in [0.25, 0.3) is 5.91 Å². The number of nitrogens with zero attached hydrogens (tertiary/aromatic N) is 1. The standard InChI is InChI=1S/C13H21N3O3S/c1-3-16(4-2)20(18,19)12-7-5-6-11(10-12)13(17)15-9-8-14/h5-7,10H,3-4,8-9,14H2,1-2H3,(H,15,17). The first-order valence-electron chi connectivity index (χ1n) is 6.55. The van der Waals surface area contributed by atoms with Crippen LogP contribution in [0.1, 0.15) is 24.2 Å². The Morgan fingerprint density at radius 1 is 1.30 bits per heavy atom. The fraction of sp³-hybridized carbons (Fsp3) is 0.462. The molecule has 20 heavy (non-hydrogen) atoms. The Kier molecular flexibility index (Phi) is 6.12. The van der Waals surface area contributed by atoms with Crippen molar-refractivity contribution >= 4 is 15.9 Å². The van der Waals surface area contributed by atoms with E-state index in [1.165, 1.54) is 16.4 Å². The third kappa shape index (κ3) is 3.78. The summed E-state index contributed by atoms with van der Waals surface area (Å²) in [6, 6.07) is 6.02. The molecule has 0 spiro atoms. The summed E-state index contributed by atoms with van der Waals surface area (Å²) in [5.74, 6) is -0.327. The van der Waals surface area contributed by atoms with E-state index in [-0.39, 0.29) is 10.8 Å². The molecule has 0 bridgehead atoms. The molecule has 0 fully saturated rings. The molecule has 1 aromatic carbocycles. The lowest BCUT2D eigenvalue weighted by Gasteiger charge is -2.18. The zero-order valence-electron chi connectivity index (χ0n) is 11.8. The number of sulfonamides is 1. The lowest BCUT2D eigenvalue weighted by molar-refractivity contribution is 0.0954. The smallest absolute Gasteiger partial charge is 0.251 e. The van der Waals surface area contributed by atoms with Gasteiger partial charge in [0.1, 0.15) is 0 Å². The maximum atomic E-state index is 12.4. The molecular formula is C13H21N3O3S. The second kappa shape index (κ2) is 7.37. The summed E-state index contributed by atoms with van der Waals surface area (Å²) in [6.45, 7) is 5.03. The van der Waals surface area contributed by atoms with Gasteiger partial charge in [0, 0.05) is 31.7 Å². The van der Waals surface area contributed by atoms with E-state index >= 15 is 0 Å². The quantitative estimate of drug-likeness (QED) is 0.762. The molecule has 1 rings (SSSR count). The van der Waals surface area contributed by atoms with Gasteiger partial charge in [-0.05, 0) is 18.2 Å². The Hall–Kier alpha value is -1.44. The first-order valence-corrected chi connectivity index (χ1v) is 7.99. The van der Waals surface area contributed by atoms with Crippen molar-refractivity contribution in [3.63, 3.8) is 0 Å². The minimum Gasteiger partial charge on any atom is -0.351 e. The van der Waals surface area contributed by atoms with E-state index in [9.17, 15) is 13.2 Å². The molecule has 0 saturated carbocycles. The molecule has 1 aromatic rings. The zero-order chi connectivity index (χ0) is 15.2. The molecule has 0 aliphatic heterocycles. The summed E-state index contributed by atoms with van der Waals surface area (Å²) < 4.78 is 26.1. The van der Waals surface area contributed by atoms with E-state index in [0.717, 1.165) is 0 Å². The van der Waals surface area contributed by atoms with Crippen LogP contribution in [-0.4, -0.2) is 44.8 Å². The van der Waals surface area contributed by atoms with Crippen LogP contribution in [0.5, 0.6) is 0 Å². The number of amides is 1. The molecule has 6 nitrogen and oxygen atoms in total. The van der Waals surface area contributed by atoms with Crippen LogP contribution in [0.4, 0.5) is 0 Å². The maximum Gasteiger partial charge on any atom is 0.251 e. The number of nitrogens with one attached hydrogen (secondary N) is 1. The van der Waals surface area contributed by atoms with Crippen molar-refractivity contribution < 1.29 is 13.2 Å². The Morgan fingerprint density at radius 3 is 2.50 bits per heavy atom. The van der Waals surface area contributed by atoms with Crippen LogP contribution >= 0.6 is 0 Å². The van der Waals surface area contributed by atoms with Gasteiger partial charge in [-0.3, -0.25) is 4.79 Å². The molecule has 0 heterocycles. The molecule has 1 amide bonds.